The van der Waals surface area contributed by atoms with Gasteiger partial charge in [0.2, 0.25) is 5.91 Å². The van der Waals surface area contributed by atoms with Crippen LogP contribution in [0.15, 0.2) is 18.2 Å². The van der Waals surface area contributed by atoms with Crippen molar-refractivity contribution in [3.05, 3.63) is 29.3 Å². The molecule has 0 atom stereocenters. The number of carbonyl (C=O) groups is 1. The minimum atomic E-state index is -4.50. The van der Waals surface area contributed by atoms with Crippen LogP contribution in [0.5, 0.6) is 0 Å². The van der Waals surface area contributed by atoms with Crippen molar-refractivity contribution >= 4 is 11.6 Å². The number of hydrogen-bond donors (Lipinski definition) is 1. The number of benzene rings is 1. The molecule has 1 aromatic carbocycles. The number of hydrogen-bond acceptors (Lipinski definition) is 2. The fourth-order valence-corrected chi connectivity index (χ4v) is 1.83. The van der Waals surface area contributed by atoms with Crippen molar-refractivity contribution in [2.45, 2.75) is 25.4 Å². The van der Waals surface area contributed by atoms with Gasteiger partial charge in [-0.05, 0) is 31.0 Å². The summed E-state index contributed by atoms with van der Waals surface area (Å²) in [7, 11) is 0. The first-order valence-corrected chi connectivity index (χ1v) is 5.84. The van der Waals surface area contributed by atoms with Crippen molar-refractivity contribution in [2.75, 3.05) is 5.32 Å². The number of alkyl halides is 3. The zero-order valence-electron chi connectivity index (χ0n) is 9.92. The third-order valence-corrected chi connectivity index (χ3v) is 3.20. The van der Waals surface area contributed by atoms with Crippen LogP contribution in [0.4, 0.5) is 18.9 Å². The van der Waals surface area contributed by atoms with Gasteiger partial charge in [-0.2, -0.15) is 18.4 Å². The molecule has 0 radical (unpaired) electrons. The number of carbonyl (C=O) groups excluding carboxylic acids is 1. The van der Waals surface area contributed by atoms with Gasteiger partial charge in [0.05, 0.1) is 16.8 Å². The topological polar surface area (TPSA) is 52.9 Å². The Morgan fingerprint density at radius 2 is 2.05 bits per heavy atom. The van der Waals surface area contributed by atoms with Gasteiger partial charge in [-0.3, -0.25) is 4.79 Å². The summed E-state index contributed by atoms with van der Waals surface area (Å²) in [6.07, 6.45) is -1.94. The zero-order valence-corrected chi connectivity index (χ0v) is 9.92. The molecule has 0 heterocycles. The van der Waals surface area contributed by atoms with Crippen molar-refractivity contribution in [3.8, 4) is 6.07 Å². The smallest absolute Gasteiger partial charge is 0.325 e. The minimum absolute atomic E-state index is 0.0890. The Bertz CT molecular complexity index is 542. The second-order valence-corrected chi connectivity index (χ2v) is 4.49. The number of nitriles is 1. The Labute approximate surface area is 108 Å². The molecule has 1 aromatic rings. The lowest BCUT2D eigenvalue weighted by molar-refractivity contribution is -0.137. The lowest BCUT2D eigenvalue weighted by Crippen LogP contribution is -2.28. The molecule has 1 saturated carbocycles. The molecule has 19 heavy (non-hydrogen) atoms. The van der Waals surface area contributed by atoms with E-state index in [9.17, 15) is 18.0 Å². The number of anilines is 1. The predicted molar refractivity (Wildman–Crippen MR) is 62.1 cm³/mol. The number of nitrogens with zero attached hydrogens (tertiary/aromatic N) is 1. The molecule has 1 aliphatic carbocycles. The molecule has 1 aliphatic rings. The van der Waals surface area contributed by atoms with Gasteiger partial charge < -0.3 is 5.32 Å². The highest BCUT2D eigenvalue weighted by atomic mass is 19.4. The molecule has 2 rings (SSSR count). The summed E-state index contributed by atoms with van der Waals surface area (Å²) < 4.78 is 37.5. The Hall–Kier alpha value is -2.03. The zero-order chi connectivity index (χ0) is 14.0. The largest absolute Gasteiger partial charge is 0.416 e. The third-order valence-electron chi connectivity index (χ3n) is 3.20. The molecule has 100 valence electrons. The Morgan fingerprint density at radius 1 is 1.37 bits per heavy atom. The lowest BCUT2D eigenvalue weighted by atomic mass is 9.85. The number of halogens is 3. The SMILES string of the molecule is N#Cc1cc(C(F)(F)F)ccc1NC(=O)C1CCC1. The van der Waals surface area contributed by atoms with Crippen LogP contribution in [0.1, 0.15) is 30.4 Å². The summed E-state index contributed by atoms with van der Waals surface area (Å²) in [5.41, 5.74) is -0.944. The molecule has 1 N–H and O–H groups in total. The molecule has 1 amide bonds. The van der Waals surface area contributed by atoms with Gasteiger partial charge in [-0.15, -0.1) is 0 Å². The van der Waals surface area contributed by atoms with Crippen LogP contribution in [0.25, 0.3) is 0 Å². The molecule has 0 saturated heterocycles. The first-order valence-electron chi connectivity index (χ1n) is 5.84. The van der Waals surface area contributed by atoms with Crippen LogP contribution in [-0.4, -0.2) is 5.91 Å². The minimum Gasteiger partial charge on any atom is -0.325 e. The molecule has 3 nitrogen and oxygen atoms in total. The van der Waals surface area contributed by atoms with Gasteiger partial charge in [0, 0.05) is 5.92 Å². The average Bonchev–Trinajstić information content (AvgIpc) is 2.25. The highest BCUT2D eigenvalue weighted by Gasteiger charge is 2.31. The quantitative estimate of drug-likeness (QED) is 0.894. The van der Waals surface area contributed by atoms with Crippen LogP contribution in [-0.2, 0) is 11.0 Å². The summed E-state index contributed by atoms with van der Waals surface area (Å²) >= 11 is 0. The molecular weight excluding hydrogens is 257 g/mol. The lowest BCUT2D eigenvalue weighted by Gasteiger charge is -2.24. The summed E-state index contributed by atoms with van der Waals surface area (Å²) in [6, 6.07) is 4.40. The summed E-state index contributed by atoms with van der Waals surface area (Å²) in [5, 5.41) is 11.4. The van der Waals surface area contributed by atoms with Crippen molar-refractivity contribution in [1.82, 2.24) is 0 Å². The number of rotatable bonds is 2. The van der Waals surface area contributed by atoms with E-state index in [0.717, 1.165) is 37.5 Å². The van der Waals surface area contributed by atoms with Gasteiger partial charge >= 0.3 is 6.18 Å². The van der Waals surface area contributed by atoms with E-state index in [2.05, 4.69) is 5.32 Å². The van der Waals surface area contributed by atoms with E-state index in [1.54, 1.807) is 6.07 Å². The molecule has 1 fully saturated rings. The van der Waals surface area contributed by atoms with Gasteiger partial charge in [-0.25, -0.2) is 0 Å². The molecule has 0 aromatic heterocycles. The first-order chi connectivity index (χ1) is 8.91. The van der Waals surface area contributed by atoms with Crippen molar-refractivity contribution in [3.63, 3.8) is 0 Å². The first kappa shape index (κ1) is 13.4. The maximum Gasteiger partial charge on any atom is 0.416 e. The van der Waals surface area contributed by atoms with Crippen molar-refractivity contribution in [2.24, 2.45) is 5.92 Å². The van der Waals surface area contributed by atoms with E-state index in [0.29, 0.717) is 0 Å². The Morgan fingerprint density at radius 3 is 2.53 bits per heavy atom. The highest BCUT2D eigenvalue weighted by molar-refractivity contribution is 5.94. The van der Waals surface area contributed by atoms with E-state index >= 15 is 0 Å². The average molecular weight is 268 g/mol. The summed E-state index contributed by atoms with van der Waals surface area (Å²) in [4.78, 5) is 11.7. The maximum absolute atomic E-state index is 12.5. The van der Waals surface area contributed by atoms with E-state index in [4.69, 9.17) is 5.26 Å². The maximum atomic E-state index is 12.5. The number of nitrogens with one attached hydrogen (secondary N) is 1. The van der Waals surface area contributed by atoms with Gasteiger partial charge in [0.15, 0.2) is 0 Å². The normalized spacial score (nSPS) is 15.5. The van der Waals surface area contributed by atoms with Crippen LogP contribution in [0, 0.1) is 17.2 Å². The van der Waals surface area contributed by atoms with Crippen LogP contribution in [0.2, 0.25) is 0 Å². The van der Waals surface area contributed by atoms with Crippen LogP contribution in [0.3, 0.4) is 0 Å². The van der Waals surface area contributed by atoms with E-state index in [1.807, 2.05) is 0 Å². The van der Waals surface area contributed by atoms with Crippen molar-refractivity contribution < 1.29 is 18.0 Å². The standard InChI is InChI=1S/C13H11F3N2O/c14-13(15,16)10-4-5-11(9(6-10)7-17)18-12(19)8-2-1-3-8/h4-6,8H,1-3H2,(H,18,19). The Balaban J connectivity index is 2.21. The second-order valence-electron chi connectivity index (χ2n) is 4.49. The predicted octanol–water partition coefficient (Wildman–Crippen LogP) is 3.32. The monoisotopic (exact) mass is 268 g/mol. The second kappa shape index (κ2) is 4.92. The summed E-state index contributed by atoms with van der Waals surface area (Å²) in [6.45, 7) is 0. The molecular formula is C13H11F3N2O. The molecule has 6 heteroatoms. The molecule has 0 bridgehead atoms. The van der Waals surface area contributed by atoms with E-state index < -0.39 is 11.7 Å². The molecule has 0 spiro atoms. The molecule has 0 aliphatic heterocycles. The van der Waals surface area contributed by atoms with Crippen LogP contribution < -0.4 is 5.32 Å². The third kappa shape index (κ3) is 2.87. The fraction of sp³-hybridized carbons (Fsp3) is 0.385. The molecule has 0 unspecified atom stereocenters. The van der Waals surface area contributed by atoms with E-state index in [-0.39, 0.29) is 23.1 Å². The Kier molecular flexibility index (Phi) is 3.47. The summed E-state index contributed by atoms with van der Waals surface area (Å²) in [5.74, 6) is -0.323. The van der Waals surface area contributed by atoms with Crippen LogP contribution >= 0.6 is 0 Å². The van der Waals surface area contributed by atoms with Crippen molar-refractivity contribution in [1.29, 1.82) is 5.26 Å². The highest BCUT2D eigenvalue weighted by Crippen LogP contribution is 2.32. The van der Waals surface area contributed by atoms with Gasteiger partial charge in [0.1, 0.15) is 6.07 Å². The fourth-order valence-electron chi connectivity index (χ4n) is 1.83. The van der Waals surface area contributed by atoms with E-state index in [1.165, 1.54) is 0 Å². The van der Waals surface area contributed by atoms with Gasteiger partial charge in [-0.1, -0.05) is 6.42 Å². The number of amides is 1. The van der Waals surface area contributed by atoms with Gasteiger partial charge in [0.25, 0.3) is 0 Å².